The normalized spacial score (nSPS) is 21.6. The predicted octanol–water partition coefficient (Wildman–Crippen LogP) is 2.80. The van der Waals surface area contributed by atoms with Gasteiger partial charge in [0.1, 0.15) is 0 Å². The fourth-order valence-corrected chi connectivity index (χ4v) is 2.84. The van der Waals surface area contributed by atoms with E-state index >= 15 is 0 Å². The fourth-order valence-electron chi connectivity index (χ4n) is 2.84. The van der Waals surface area contributed by atoms with Crippen molar-refractivity contribution in [3.63, 3.8) is 0 Å². The van der Waals surface area contributed by atoms with Gasteiger partial charge in [0, 0.05) is 12.1 Å². The molecule has 25 heavy (non-hydrogen) atoms. The van der Waals surface area contributed by atoms with Crippen LogP contribution >= 0.6 is 0 Å². The van der Waals surface area contributed by atoms with Crippen LogP contribution in [0.3, 0.4) is 0 Å². The maximum atomic E-state index is 10.4. The van der Waals surface area contributed by atoms with Crippen LogP contribution in [0.5, 0.6) is 5.75 Å². The number of nitro benzene ring substituents is 3. The van der Waals surface area contributed by atoms with Gasteiger partial charge in [-0.2, -0.15) is 0 Å². The molecule has 1 aromatic carbocycles. The van der Waals surface area contributed by atoms with Gasteiger partial charge in [-0.3, -0.25) is 30.3 Å². The number of non-ortho nitro benzene ring substituents is 1. The highest BCUT2D eigenvalue weighted by Crippen LogP contribution is 2.38. The molecule has 136 valence electrons. The molecule has 2 atom stereocenters. The summed E-state index contributed by atoms with van der Waals surface area (Å²) in [5.41, 5.74) is -3.00. The number of nitro groups is 3. The van der Waals surface area contributed by atoms with Gasteiger partial charge in [0.2, 0.25) is 0 Å². The lowest BCUT2D eigenvalue weighted by Crippen LogP contribution is -1.97. The first kappa shape index (κ1) is 18.5. The summed E-state index contributed by atoms with van der Waals surface area (Å²) in [6.45, 7) is 0. The molecule has 1 saturated carbocycles. The third-order valence-corrected chi connectivity index (χ3v) is 4.24. The van der Waals surface area contributed by atoms with E-state index in [-0.39, 0.29) is 0 Å². The molecule has 0 aromatic heterocycles. The smallest absolute Gasteiger partial charge is 0.324 e. The highest BCUT2D eigenvalue weighted by Gasteiger charge is 2.35. The van der Waals surface area contributed by atoms with Crippen molar-refractivity contribution < 1.29 is 19.9 Å². The van der Waals surface area contributed by atoms with Crippen LogP contribution in [0.2, 0.25) is 0 Å². The molecule has 1 aliphatic carbocycles. The minimum absolute atomic E-state index is 0.447. The van der Waals surface area contributed by atoms with Gasteiger partial charge in [-0.25, -0.2) is 0 Å². The van der Waals surface area contributed by atoms with Gasteiger partial charge in [0.05, 0.1) is 26.9 Å². The van der Waals surface area contributed by atoms with Crippen LogP contribution in [-0.4, -0.2) is 32.0 Å². The summed E-state index contributed by atoms with van der Waals surface area (Å²) in [6, 6.07) is 2.76. The quantitative estimate of drug-likeness (QED) is 0.473. The average molecular weight is 354 g/mol. The standard InChI is InChI=1S/C8H15N.C6H3N3O7/c1-2-4-6-8-7(9-8)5-3-1;10-6-4(8(13)14)1-3(7(11)12)2-5(6)9(15)16/h7-9H,1-6H2;1-2,10H. The Morgan fingerprint density at radius 1 is 0.840 bits per heavy atom. The second-order valence-corrected chi connectivity index (χ2v) is 5.98. The molecule has 1 aromatic rings. The van der Waals surface area contributed by atoms with Gasteiger partial charge in [-0.05, 0) is 12.8 Å². The van der Waals surface area contributed by atoms with Gasteiger partial charge < -0.3 is 10.4 Å². The van der Waals surface area contributed by atoms with Crippen molar-refractivity contribution in [3.05, 3.63) is 42.5 Å². The van der Waals surface area contributed by atoms with Crippen molar-refractivity contribution in [1.82, 2.24) is 5.32 Å². The molecular formula is C14H18N4O7. The number of rotatable bonds is 3. The molecule has 2 unspecified atom stereocenters. The van der Waals surface area contributed by atoms with Crippen LogP contribution in [0.1, 0.15) is 38.5 Å². The average Bonchev–Trinajstić information content (AvgIpc) is 3.24. The first-order valence-electron chi connectivity index (χ1n) is 7.87. The van der Waals surface area contributed by atoms with E-state index in [1.807, 2.05) is 0 Å². The van der Waals surface area contributed by atoms with E-state index in [0.29, 0.717) is 12.1 Å². The Bertz CT molecular complexity index is 647. The van der Waals surface area contributed by atoms with E-state index in [1.165, 1.54) is 38.5 Å². The number of phenolic OH excluding ortho intramolecular Hbond substituents is 1. The van der Waals surface area contributed by atoms with E-state index in [2.05, 4.69) is 5.32 Å². The van der Waals surface area contributed by atoms with E-state index in [4.69, 9.17) is 5.11 Å². The highest BCUT2D eigenvalue weighted by molar-refractivity contribution is 5.64. The van der Waals surface area contributed by atoms with Gasteiger partial charge >= 0.3 is 11.4 Å². The predicted molar refractivity (Wildman–Crippen MR) is 86.5 cm³/mol. The zero-order chi connectivity index (χ0) is 18.6. The first-order valence-corrected chi connectivity index (χ1v) is 7.87. The second kappa shape index (κ2) is 7.83. The Balaban J connectivity index is 0.000000208. The van der Waals surface area contributed by atoms with Crippen LogP contribution < -0.4 is 5.32 Å². The van der Waals surface area contributed by atoms with Crippen LogP contribution in [0.4, 0.5) is 17.1 Å². The molecule has 0 radical (unpaired) electrons. The van der Waals surface area contributed by atoms with E-state index < -0.39 is 37.6 Å². The minimum atomic E-state index is -1.21. The Morgan fingerprint density at radius 2 is 1.28 bits per heavy atom. The number of aromatic hydroxyl groups is 1. The SMILES string of the molecule is C1CCCC2NC2CC1.O=[N+]([O-])c1cc([N+](=O)[O-])c(O)c([N+](=O)[O-])c1. The highest BCUT2D eigenvalue weighted by atomic mass is 16.6. The number of benzene rings is 1. The maximum Gasteiger partial charge on any atom is 0.324 e. The molecule has 11 heteroatoms. The molecule has 1 heterocycles. The van der Waals surface area contributed by atoms with Crippen molar-refractivity contribution in [3.8, 4) is 5.75 Å². The summed E-state index contributed by atoms with van der Waals surface area (Å²) in [5, 5.41) is 43.7. The van der Waals surface area contributed by atoms with Crippen molar-refractivity contribution >= 4 is 17.1 Å². The molecule has 1 aliphatic heterocycles. The third-order valence-electron chi connectivity index (χ3n) is 4.24. The minimum Gasteiger partial charge on any atom is -0.497 e. The second-order valence-electron chi connectivity index (χ2n) is 5.98. The lowest BCUT2D eigenvalue weighted by molar-refractivity contribution is -0.404. The molecule has 0 spiro atoms. The number of fused-ring (bicyclic) bond motifs is 1. The first-order chi connectivity index (χ1) is 11.8. The molecule has 1 saturated heterocycles. The molecule has 2 aliphatic rings. The maximum absolute atomic E-state index is 10.4. The summed E-state index contributed by atoms with van der Waals surface area (Å²) in [7, 11) is 0. The zero-order valence-electron chi connectivity index (χ0n) is 13.3. The number of phenols is 1. The number of hydrogen-bond donors (Lipinski definition) is 2. The molecule has 3 rings (SSSR count). The Kier molecular flexibility index (Phi) is 5.80. The van der Waals surface area contributed by atoms with Crippen molar-refractivity contribution in [1.29, 1.82) is 0 Å². The third kappa shape index (κ3) is 4.83. The van der Waals surface area contributed by atoms with Crippen molar-refractivity contribution in [2.24, 2.45) is 0 Å². The number of nitrogens with zero attached hydrogens (tertiary/aromatic N) is 3. The number of hydrogen-bond acceptors (Lipinski definition) is 8. The van der Waals surface area contributed by atoms with Crippen molar-refractivity contribution in [2.45, 2.75) is 50.6 Å². The molecule has 2 fully saturated rings. The Labute approximate surface area is 142 Å². The van der Waals surface area contributed by atoms with Gasteiger partial charge in [-0.1, -0.05) is 25.7 Å². The fraction of sp³-hybridized carbons (Fsp3) is 0.571. The summed E-state index contributed by atoms with van der Waals surface area (Å²) in [4.78, 5) is 27.8. The van der Waals surface area contributed by atoms with Crippen LogP contribution in [0.25, 0.3) is 0 Å². The monoisotopic (exact) mass is 354 g/mol. The summed E-state index contributed by atoms with van der Waals surface area (Å²) in [5.74, 6) is -1.21. The molecular weight excluding hydrogens is 336 g/mol. The zero-order valence-corrected chi connectivity index (χ0v) is 13.3. The number of nitrogens with one attached hydrogen (secondary N) is 1. The summed E-state index contributed by atoms with van der Waals surface area (Å²) >= 11 is 0. The lowest BCUT2D eigenvalue weighted by Gasteiger charge is -2.03. The largest absolute Gasteiger partial charge is 0.497 e. The van der Waals surface area contributed by atoms with Gasteiger partial charge in [0.25, 0.3) is 11.4 Å². The lowest BCUT2D eigenvalue weighted by atomic mass is 10.0. The molecule has 2 N–H and O–H groups in total. The van der Waals surface area contributed by atoms with Crippen molar-refractivity contribution in [2.75, 3.05) is 0 Å². The molecule has 0 bridgehead atoms. The van der Waals surface area contributed by atoms with E-state index in [9.17, 15) is 30.3 Å². The van der Waals surface area contributed by atoms with Crippen LogP contribution in [0, 0.1) is 30.3 Å². The molecule has 11 nitrogen and oxygen atoms in total. The van der Waals surface area contributed by atoms with E-state index in [1.54, 1.807) is 0 Å². The Hall–Kier alpha value is -2.82. The van der Waals surface area contributed by atoms with Gasteiger partial charge in [0.15, 0.2) is 0 Å². The van der Waals surface area contributed by atoms with Crippen LogP contribution in [-0.2, 0) is 0 Å². The van der Waals surface area contributed by atoms with Gasteiger partial charge in [-0.15, -0.1) is 0 Å². The molecule has 0 amide bonds. The topological polar surface area (TPSA) is 172 Å². The summed E-state index contributed by atoms with van der Waals surface area (Å²) < 4.78 is 0. The summed E-state index contributed by atoms with van der Waals surface area (Å²) in [6.07, 6.45) is 8.79. The Morgan fingerprint density at radius 3 is 1.64 bits per heavy atom. The van der Waals surface area contributed by atoms with E-state index in [0.717, 1.165) is 12.1 Å². The van der Waals surface area contributed by atoms with Crippen LogP contribution in [0.15, 0.2) is 12.1 Å².